The number of carbonyl (C=O) groups excluding carboxylic acids is 4. The third kappa shape index (κ3) is 8.95. The van der Waals surface area contributed by atoms with Gasteiger partial charge in [0.2, 0.25) is 5.91 Å². The average molecular weight is 536 g/mol. The predicted molar refractivity (Wildman–Crippen MR) is 147 cm³/mol. The van der Waals surface area contributed by atoms with Crippen LogP contribution in [0.15, 0.2) is 66.7 Å². The molecule has 0 fully saturated rings. The van der Waals surface area contributed by atoms with Crippen LogP contribution in [0.1, 0.15) is 53.9 Å². The molecule has 1 amide bonds. The van der Waals surface area contributed by atoms with Gasteiger partial charge in [0.15, 0.2) is 5.78 Å². The third-order valence-corrected chi connectivity index (χ3v) is 7.43. The number of amides is 1. The number of carbonyl (C=O) groups is 4. The second-order valence-corrected chi connectivity index (χ2v) is 10.6. The number of nitrogens with two attached hydrogens (primary N) is 1. The van der Waals surface area contributed by atoms with Gasteiger partial charge >= 0.3 is 11.9 Å². The van der Waals surface area contributed by atoms with Crippen LogP contribution in [0.2, 0.25) is 0 Å². The number of aryl methyl sites for hydroxylation is 2. The number of Topliss-reactive ketones (excluding diaryl/α,β-unsaturated/α-hetero) is 1. The zero-order chi connectivity index (χ0) is 27.5. The van der Waals surface area contributed by atoms with E-state index in [1.807, 2.05) is 66.7 Å². The summed E-state index contributed by atoms with van der Waals surface area (Å²) in [6, 6.07) is 21.8. The Morgan fingerprint density at radius 2 is 1.39 bits per heavy atom. The molecule has 38 heavy (non-hydrogen) atoms. The van der Waals surface area contributed by atoms with Crippen LogP contribution in [0.25, 0.3) is 10.4 Å². The molecule has 0 atom stereocenters. The van der Waals surface area contributed by atoms with E-state index < -0.39 is 23.3 Å². The molecule has 0 unspecified atom stereocenters. The predicted octanol–water partition coefficient (Wildman–Crippen LogP) is 5.15. The molecule has 2 N–H and O–H groups in total. The Morgan fingerprint density at radius 3 is 1.97 bits per heavy atom. The Hall–Kier alpha value is -3.78. The fourth-order valence-electron chi connectivity index (χ4n) is 4.17. The van der Waals surface area contributed by atoms with Gasteiger partial charge in [0, 0.05) is 37.0 Å². The molecule has 200 valence electrons. The first-order chi connectivity index (χ1) is 18.2. The van der Waals surface area contributed by atoms with Crippen molar-refractivity contribution in [1.29, 1.82) is 0 Å². The van der Waals surface area contributed by atoms with Crippen LogP contribution in [-0.2, 0) is 36.7 Å². The molecule has 0 radical (unpaired) electrons. The number of primary amides is 1. The molecule has 7 nitrogen and oxygen atoms in total. The molecule has 1 heterocycles. The number of ketones is 1. The molecule has 0 aliphatic heterocycles. The lowest BCUT2D eigenvalue weighted by Crippen LogP contribution is -2.38. The maximum Gasteiger partial charge on any atom is 0.302 e. The highest BCUT2D eigenvalue weighted by Gasteiger charge is 2.35. The SMILES string of the molecule is CC(=O)OCC(CCc1ccc(-c2ccc(C(=O)CCc3ccccc3)s2)cc1)(COC(C)=O)CC(N)=O. The van der Waals surface area contributed by atoms with Crippen LogP contribution in [0.4, 0.5) is 0 Å². The lowest BCUT2D eigenvalue weighted by Gasteiger charge is -2.31. The van der Waals surface area contributed by atoms with Crippen molar-refractivity contribution < 1.29 is 28.7 Å². The molecule has 3 aromatic rings. The Labute approximate surface area is 227 Å². The highest BCUT2D eigenvalue weighted by Crippen LogP contribution is 2.32. The smallest absolute Gasteiger partial charge is 0.302 e. The molecule has 1 aromatic heterocycles. The van der Waals surface area contributed by atoms with Crippen molar-refractivity contribution in [3.05, 3.63) is 82.7 Å². The summed E-state index contributed by atoms with van der Waals surface area (Å²) < 4.78 is 10.4. The van der Waals surface area contributed by atoms with Crippen molar-refractivity contribution in [1.82, 2.24) is 0 Å². The van der Waals surface area contributed by atoms with E-state index in [0.717, 1.165) is 26.4 Å². The standard InChI is InChI=1S/C30H33NO6S/c1-21(32)36-19-30(18-29(31)35,20-37-22(2)33)17-16-24-8-11-25(12-9-24)27-14-15-28(38-27)26(34)13-10-23-6-4-3-5-7-23/h3-9,11-12,14-15H,10,13,16-20H2,1-2H3,(H2,31,35). The molecule has 0 saturated carbocycles. The first-order valence-corrected chi connectivity index (χ1v) is 13.3. The van der Waals surface area contributed by atoms with Crippen molar-refractivity contribution in [2.75, 3.05) is 13.2 Å². The molecule has 2 aromatic carbocycles. The summed E-state index contributed by atoms with van der Waals surface area (Å²) in [5.41, 5.74) is 7.72. The van der Waals surface area contributed by atoms with Gasteiger partial charge in [0.1, 0.15) is 13.2 Å². The molecular weight excluding hydrogens is 502 g/mol. The van der Waals surface area contributed by atoms with Gasteiger partial charge in [0.25, 0.3) is 0 Å². The average Bonchev–Trinajstić information content (AvgIpc) is 3.39. The summed E-state index contributed by atoms with van der Waals surface area (Å²) >= 11 is 1.48. The summed E-state index contributed by atoms with van der Waals surface area (Å²) in [5, 5.41) is 0. The van der Waals surface area contributed by atoms with Crippen molar-refractivity contribution in [2.24, 2.45) is 11.1 Å². The number of rotatable bonds is 14. The van der Waals surface area contributed by atoms with Gasteiger partial charge in [-0.25, -0.2) is 0 Å². The van der Waals surface area contributed by atoms with Crippen LogP contribution in [0.3, 0.4) is 0 Å². The molecule has 0 spiro atoms. The summed E-state index contributed by atoms with van der Waals surface area (Å²) in [6.45, 7) is 2.42. The van der Waals surface area contributed by atoms with E-state index in [4.69, 9.17) is 15.2 Å². The summed E-state index contributed by atoms with van der Waals surface area (Å²) in [6.07, 6.45) is 2.09. The lowest BCUT2D eigenvalue weighted by molar-refractivity contribution is -0.154. The second-order valence-electron chi connectivity index (χ2n) is 9.47. The molecule has 0 aliphatic carbocycles. The number of esters is 2. The number of ether oxygens (including phenoxy) is 2. The fourth-order valence-corrected chi connectivity index (χ4v) is 5.15. The Kier molecular flexibility index (Phi) is 10.4. The van der Waals surface area contributed by atoms with Crippen LogP contribution in [0, 0.1) is 5.41 Å². The van der Waals surface area contributed by atoms with Gasteiger partial charge in [0.05, 0.1) is 4.88 Å². The lowest BCUT2D eigenvalue weighted by atomic mass is 9.80. The monoisotopic (exact) mass is 535 g/mol. The minimum atomic E-state index is -0.912. The van der Waals surface area contributed by atoms with Crippen molar-refractivity contribution in [3.63, 3.8) is 0 Å². The zero-order valence-electron chi connectivity index (χ0n) is 21.7. The largest absolute Gasteiger partial charge is 0.465 e. The molecule has 3 rings (SSSR count). The van der Waals surface area contributed by atoms with E-state index in [1.54, 1.807) is 0 Å². The van der Waals surface area contributed by atoms with E-state index in [9.17, 15) is 19.2 Å². The van der Waals surface area contributed by atoms with Gasteiger partial charge in [-0.1, -0.05) is 54.6 Å². The fraction of sp³-hybridized carbons (Fsp3) is 0.333. The number of benzene rings is 2. The summed E-state index contributed by atoms with van der Waals surface area (Å²) in [4.78, 5) is 49.1. The molecule has 0 saturated heterocycles. The number of hydrogen-bond acceptors (Lipinski definition) is 7. The molecule has 0 bridgehead atoms. The van der Waals surface area contributed by atoms with E-state index in [2.05, 4.69) is 0 Å². The summed E-state index contributed by atoms with van der Waals surface area (Å²) in [7, 11) is 0. The van der Waals surface area contributed by atoms with Crippen molar-refractivity contribution >= 4 is 35.0 Å². The van der Waals surface area contributed by atoms with Gasteiger partial charge in [-0.15, -0.1) is 11.3 Å². The van der Waals surface area contributed by atoms with Gasteiger partial charge < -0.3 is 15.2 Å². The van der Waals surface area contributed by atoms with E-state index in [1.165, 1.54) is 25.2 Å². The van der Waals surface area contributed by atoms with E-state index in [-0.39, 0.29) is 25.4 Å². The molecule has 8 heteroatoms. The molecule has 0 aliphatic rings. The first-order valence-electron chi connectivity index (χ1n) is 12.5. The maximum atomic E-state index is 12.7. The topological polar surface area (TPSA) is 113 Å². The van der Waals surface area contributed by atoms with Crippen molar-refractivity contribution in [2.45, 2.75) is 46.0 Å². The van der Waals surface area contributed by atoms with E-state index >= 15 is 0 Å². The number of hydrogen-bond donors (Lipinski definition) is 1. The van der Waals surface area contributed by atoms with Gasteiger partial charge in [-0.05, 0) is 48.1 Å². The van der Waals surface area contributed by atoms with Crippen molar-refractivity contribution in [3.8, 4) is 10.4 Å². The molecular formula is C30H33NO6S. The highest BCUT2D eigenvalue weighted by molar-refractivity contribution is 7.17. The normalized spacial score (nSPS) is 11.1. The second kappa shape index (κ2) is 13.7. The van der Waals surface area contributed by atoms with Gasteiger partial charge in [-0.3, -0.25) is 19.2 Å². The Bertz CT molecular complexity index is 1230. The van der Waals surface area contributed by atoms with Crippen LogP contribution in [0.5, 0.6) is 0 Å². The Balaban J connectivity index is 1.65. The quantitative estimate of drug-likeness (QED) is 0.226. The minimum absolute atomic E-state index is 0.0765. The van der Waals surface area contributed by atoms with E-state index in [0.29, 0.717) is 25.7 Å². The minimum Gasteiger partial charge on any atom is -0.465 e. The van der Waals surface area contributed by atoms with Gasteiger partial charge in [-0.2, -0.15) is 0 Å². The zero-order valence-corrected chi connectivity index (χ0v) is 22.6. The summed E-state index contributed by atoms with van der Waals surface area (Å²) in [5.74, 6) is -1.40. The number of thiophene rings is 1. The Morgan fingerprint density at radius 1 is 0.789 bits per heavy atom. The maximum absolute atomic E-state index is 12.7. The third-order valence-electron chi connectivity index (χ3n) is 6.26. The van der Waals surface area contributed by atoms with Crippen LogP contribution < -0.4 is 5.73 Å². The van der Waals surface area contributed by atoms with Crippen LogP contribution in [-0.4, -0.2) is 36.8 Å². The highest BCUT2D eigenvalue weighted by atomic mass is 32.1. The van der Waals surface area contributed by atoms with Crippen LogP contribution >= 0.6 is 11.3 Å². The first kappa shape index (κ1) is 28.8.